The minimum Gasteiger partial charge on any atom is -0.456 e. The molecule has 5 heterocycles. The minimum atomic E-state index is -0.130. The van der Waals surface area contributed by atoms with Crippen LogP contribution in [0.2, 0.25) is 0 Å². The lowest BCUT2D eigenvalue weighted by Crippen LogP contribution is -2.14. The van der Waals surface area contributed by atoms with E-state index in [1.54, 1.807) is 0 Å². The van der Waals surface area contributed by atoms with E-state index in [9.17, 15) is 0 Å². The molecule has 0 aliphatic heterocycles. The maximum Gasteiger partial charge on any atom is 0.164 e. The molecule has 0 saturated carbocycles. The third kappa shape index (κ3) is 6.44. The molecule has 0 amide bonds. The average molecular weight is 1010 g/mol. The van der Waals surface area contributed by atoms with Crippen LogP contribution in [0.15, 0.2) is 245 Å². The zero-order chi connectivity index (χ0) is 52.1. The van der Waals surface area contributed by atoms with Gasteiger partial charge in [-0.3, -0.25) is 0 Å². The molecule has 1 aliphatic carbocycles. The van der Waals surface area contributed by atoms with E-state index < -0.39 is 0 Å². The fraction of sp³-hybridized carbons (Fsp3) is 0.0417. The van der Waals surface area contributed by atoms with Crippen molar-refractivity contribution in [3.05, 3.63) is 248 Å². The van der Waals surface area contributed by atoms with Crippen LogP contribution >= 0.6 is 0 Å². The SMILES string of the molecule is CC1(C)c2ccccc2-c2cc3c(cc21)c1cc(-c2ccc4oc5cccc(-c6nc(-c7ccccc7)nc(-c7ccc8c(c7)oc7cc(-n9c%10ccccc%10c%10ccccc%109)ccc78)n6)c5c4c2)ccc1n3-c1ccccc1. The van der Waals surface area contributed by atoms with Crippen LogP contribution < -0.4 is 0 Å². The zero-order valence-corrected chi connectivity index (χ0v) is 43.1. The Kier molecular flexibility index (Phi) is 9.05. The Morgan fingerprint density at radius 3 is 1.68 bits per heavy atom. The van der Waals surface area contributed by atoms with E-state index in [0.717, 1.165) is 94.1 Å². The van der Waals surface area contributed by atoms with Gasteiger partial charge in [0.2, 0.25) is 0 Å². The van der Waals surface area contributed by atoms with Crippen molar-refractivity contribution in [3.8, 4) is 67.8 Å². The third-order valence-corrected chi connectivity index (χ3v) is 16.8. The van der Waals surface area contributed by atoms with Crippen molar-refractivity contribution in [2.45, 2.75) is 19.3 Å². The molecule has 11 aromatic carbocycles. The summed E-state index contributed by atoms with van der Waals surface area (Å²) in [6.07, 6.45) is 0. The fourth-order valence-electron chi connectivity index (χ4n) is 13.0. The van der Waals surface area contributed by atoms with Gasteiger partial charge < -0.3 is 18.0 Å². The predicted octanol–water partition coefficient (Wildman–Crippen LogP) is 18.8. The van der Waals surface area contributed by atoms with Crippen molar-refractivity contribution in [2.24, 2.45) is 0 Å². The van der Waals surface area contributed by atoms with Gasteiger partial charge in [0.1, 0.15) is 22.3 Å². The number of benzene rings is 11. The maximum absolute atomic E-state index is 6.76. The van der Waals surface area contributed by atoms with E-state index in [1.807, 2.05) is 42.5 Å². The molecule has 0 bridgehead atoms. The highest BCUT2D eigenvalue weighted by Crippen LogP contribution is 2.51. The van der Waals surface area contributed by atoms with E-state index in [0.29, 0.717) is 17.5 Å². The van der Waals surface area contributed by atoms with E-state index in [2.05, 4.69) is 217 Å². The van der Waals surface area contributed by atoms with E-state index in [-0.39, 0.29) is 5.41 Å². The molecule has 7 nitrogen and oxygen atoms in total. The molecule has 370 valence electrons. The van der Waals surface area contributed by atoms with Gasteiger partial charge in [-0.05, 0) is 124 Å². The number of furan rings is 2. The summed E-state index contributed by atoms with van der Waals surface area (Å²) in [5.74, 6) is 1.67. The number of para-hydroxylation sites is 3. The lowest BCUT2D eigenvalue weighted by molar-refractivity contribution is 0.661. The average Bonchev–Trinajstić information content (AvgIpc) is 4.25. The van der Waals surface area contributed by atoms with Crippen molar-refractivity contribution in [3.63, 3.8) is 0 Å². The highest BCUT2D eigenvalue weighted by Gasteiger charge is 2.36. The van der Waals surface area contributed by atoms with Gasteiger partial charge in [0.15, 0.2) is 17.5 Å². The first-order chi connectivity index (χ1) is 38.9. The largest absolute Gasteiger partial charge is 0.456 e. The summed E-state index contributed by atoms with van der Waals surface area (Å²) in [5.41, 5.74) is 20.0. The van der Waals surface area contributed by atoms with Gasteiger partial charge >= 0.3 is 0 Å². The van der Waals surface area contributed by atoms with Crippen LogP contribution in [0.4, 0.5) is 0 Å². The first-order valence-electron chi connectivity index (χ1n) is 26.9. The monoisotopic (exact) mass is 1010 g/mol. The molecule has 17 rings (SSSR count). The molecule has 7 heteroatoms. The van der Waals surface area contributed by atoms with E-state index in [4.69, 9.17) is 23.8 Å². The maximum atomic E-state index is 6.76. The number of hydrogen-bond donors (Lipinski definition) is 0. The molecule has 0 radical (unpaired) electrons. The Morgan fingerprint density at radius 2 is 0.886 bits per heavy atom. The van der Waals surface area contributed by atoms with Gasteiger partial charge in [-0.15, -0.1) is 0 Å². The molecule has 0 saturated heterocycles. The van der Waals surface area contributed by atoms with Gasteiger partial charge in [0.05, 0.1) is 22.1 Å². The normalized spacial score (nSPS) is 13.0. The first-order valence-corrected chi connectivity index (χ1v) is 26.9. The Hall–Kier alpha value is -10.4. The summed E-state index contributed by atoms with van der Waals surface area (Å²) < 4.78 is 18.2. The van der Waals surface area contributed by atoms with Gasteiger partial charge in [0, 0.05) is 82.6 Å². The van der Waals surface area contributed by atoms with Crippen LogP contribution in [-0.4, -0.2) is 24.1 Å². The standard InChI is InChI=1S/C72H45N5O2/c1-72(2)58-24-12-9-20-48(58)54-41-63-56(40-59(54)72)55-36-43(29-34-62(55)76(63)46-18-7-4-8-19-46)44-30-35-64-57(37-44)68-53(23-15-27-65(68)78-64)71-74-69(42-16-5-3-6-17-42)73-70(75-71)45-28-32-51-52-33-31-47(39-67(52)79-66(51)38-45)77-60-25-13-10-21-49(60)50-22-11-14-26-61(50)77/h3-41H,1-2H3. The number of nitrogens with zero attached hydrogens (tertiary/aromatic N) is 5. The smallest absolute Gasteiger partial charge is 0.164 e. The lowest BCUT2D eigenvalue weighted by atomic mass is 9.82. The molecular formula is C72H45N5O2. The molecule has 0 atom stereocenters. The van der Waals surface area contributed by atoms with Crippen molar-refractivity contribution in [1.82, 2.24) is 24.1 Å². The van der Waals surface area contributed by atoms with Crippen LogP contribution in [0, 0.1) is 0 Å². The lowest BCUT2D eigenvalue weighted by Gasteiger charge is -2.21. The van der Waals surface area contributed by atoms with Crippen LogP contribution in [0.3, 0.4) is 0 Å². The Morgan fingerprint density at radius 1 is 0.304 bits per heavy atom. The number of aromatic nitrogens is 5. The number of fused-ring (bicyclic) bond motifs is 15. The highest BCUT2D eigenvalue weighted by atomic mass is 16.3. The van der Waals surface area contributed by atoms with E-state index >= 15 is 0 Å². The fourth-order valence-corrected chi connectivity index (χ4v) is 13.0. The Balaban J connectivity index is 0.802. The molecule has 0 N–H and O–H groups in total. The van der Waals surface area contributed by atoms with Crippen molar-refractivity contribution < 1.29 is 8.83 Å². The second-order valence-electron chi connectivity index (χ2n) is 21.5. The minimum absolute atomic E-state index is 0.130. The van der Waals surface area contributed by atoms with E-state index in [1.165, 1.54) is 54.8 Å². The summed E-state index contributed by atoms with van der Waals surface area (Å²) >= 11 is 0. The summed E-state index contributed by atoms with van der Waals surface area (Å²) in [6.45, 7) is 4.71. The molecule has 79 heavy (non-hydrogen) atoms. The quantitative estimate of drug-likeness (QED) is 0.166. The van der Waals surface area contributed by atoms with Crippen LogP contribution in [0.5, 0.6) is 0 Å². The summed E-state index contributed by atoms with van der Waals surface area (Å²) in [7, 11) is 0. The Labute approximate surface area is 452 Å². The number of hydrogen-bond acceptors (Lipinski definition) is 5. The molecule has 16 aromatic rings. The molecular weight excluding hydrogens is 967 g/mol. The van der Waals surface area contributed by atoms with Crippen LogP contribution in [0.25, 0.3) is 155 Å². The van der Waals surface area contributed by atoms with Crippen molar-refractivity contribution >= 4 is 87.5 Å². The molecule has 0 spiro atoms. The second-order valence-corrected chi connectivity index (χ2v) is 21.5. The number of rotatable bonds is 6. The molecule has 5 aromatic heterocycles. The summed E-state index contributed by atoms with van der Waals surface area (Å²) in [5, 5.41) is 8.88. The first kappa shape index (κ1) is 43.8. The van der Waals surface area contributed by atoms with Crippen molar-refractivity contribution in [1.29, 1.82) is 0 Å². The highest BCUT2D eigenvalue weighted by molar-refractivity contribution is 6.15. The van der Waals surface area contributed by atoms with Gasteiger partial charge in [-0.25, -0.2) is 15.0 Å². The molecule has 1 aliphatic rings. The molecule has 0 fully saturated rings. The summed E-state index contributed by atoms with van der Waals surface area (Å²) in [4.78, 5) is 15.7. The van der Waals surface area contributed by atoms with Crippen LogP contribution in [-0.2, 0) is 5.41 Å². The van der Waals surface area contributed by atoms with Gasteiger partial charge in [0.25, 0.3) is 0 Å². The second kappa shape index (κ2) is 16.3. The van der Waals surface area contributed by atoms with Crippen molar-refractivity contribution in [2.75, 3.05) is 0 Å². The third-order valence-electron chi connectivity index (χ3n) is 16.8. The van der Waals surface area contributed by atoms with Gasteiger partial charge in [-0.2, -0.15) is 0 Å². The van der Waals surface area contributed by atoms with Crippen LogP contribution in [0.1, 0.15) is 25.0 Å². The zero-order valence-electron chi connectivity index (χ0n) is 43.1. The van der Waals surface area contributed by atoms with Gasteiger partial charge in [-0.1, -0.05) is 153 Å². The summed E-state index contributed by atoms with van der Waals surface area (Å²) in [6, 6.07) is 84.1. The topological polar surface area (TPSA) is 74.8 Å². The predicted molar refractivity (Wildman–Crippen MR) is 322 cm³/mol. The molecule has 0 unspecified atom stereocenters. The Bertz CT molecular complexity index is 5180.